The number of hydrogen-bond donors (Lipinski definition) is 1. The third kappa shape index (κ3) is 3.63. The van der Waals surface area contributed by atoms with Crippen LogP contribution in [0.4, 0.5) is 0 Å². The van der Waals surface area contributed by atoms with Gasteiger partial charge in [-0.1, -0.05) is 18.2 Å². The zero-order chi connectivity index (χ0) is 23.2. The molecule has 0 bridgehead atoms. The van der Waals surface area contributed by atoms with Crippen molar-refractivity contribution in [2.75, 3.05) is 13.1 Å². The molecule has 3 aromatic heterocycles. The first-order valence-corrected chi connectivity index (χ1v) is 12.1. The van der Waals surface area contributed by atoms with E-state index in [2.05, 4.69) is 15.2 Å². The van der Waals surface area contributed by atoms with Gasteiger partial charge in [0.15, 0.2) is 9.84 Å². The van der Waals surface area contributed by atoms with Crippen molar-refractivity contribution in [3.8, 4) is 5.95 Å². The fraction of sp³-hybridized carbons (Fsp3) is 0.273. The van der Waals surface area contributed by atoms with E-state index in [1.807, 2.05) is 0 Å². The maximum atomic E-state index is 13.2. The van der Waals surface area contributed by atoms with E-state index in [1.165, 1.54) is 15.4 Å². The Morgan fingerprint density at radius 3 is 2.55 bits per heavy atom. The van der Waals surface area contributed by atoms with Crippen molar-refractivity contribution < 1.29 is 13.2 Å². The minimum absolute atomic E-state index is 0.202. The number of carbonyl (C=O) groups excluding carboxylic acids is 1. The molecule has 0 atom stereocenters. The molecular weight excluding hydrogens is 444 g/mol. The summed E-state index contributed by atoms with van der Waals surface area (Å²) in [6.45, 7) is 2.40. The van der Waals surface area contributed by atoms with Gasteiger partial charge in [0, 0.05) is 19.3 Å². The molecule has 170 valence electrons. The normalized spacial score (nSPS) is 15.2. The lowest BCUT2D eigenvalue weighted by Gasteiger charge is -2.31. The summed E-state index contributed by atoms with van der Waals surface area (Å²) in [5, 5.41) is 8.09. The minimum Gasteiger partial charge on any atom is -0.338 e. The van der Waals surface area contributed by atoms with E-state index >= 15 is 0 Å². The largest absolute Gasteiger partial charge is 0.338 e. The lowest BCUT2D eigenvalue weighted by atomic mass is 10.1. The van der Waals surface area contributed by atoms with Gasteiger partial charge < -0.3 is 4.90 Å². The molecule has 0 spiro atoms. The maximum Gasteiger partial charge on any atom is 0.276 e. The molecule has 1 aliphatic heterocycles. The number of H-pyrrole nitrogens is 1. The number of sulfone groups is 1. The molecule has 5 rings (SSSR count). The van der Waals surface area contributed by atoms with Gasteiger partial charge >= 0.3 is 0 Å². The summed E-state index contributed by atoms with van der Waals surface area (Å²) in [7, 11) is -3.43. The number of nitrogens with zero attached hydrogens (tertiary/aromatic N) is 5. The van der Waals surface area contributed by atoms with Gasteiger partial charge in [-0.2, -0.15) is 5.10 Å². The molecule has 0 aliphatic carbocycles. The molecule has 1 N–H and O–H groups in total. The van der Waals surface area contributed by atoms with Gasteiger partial charge in [0.1, 0.15) is 5.52 Å². The van der Waals surface area contributed by atoms with Gasteiger partial charge in [-0.25, -0.2) is 17.6 Å². The lowest BCUT2D eigenvalue weighted by Crippen LogP contribution is -2.42. The Balaban J connectivity index is 1.34. The standard InChI is InChI=1S/C22H22N6O4S/c1-15-18(14-23-28(15)22-24-20(29)19-8-5-11-27(19)25-22)21(30)26-12-9-17(10-13-26)33(31,32)16-6-3-2-4-7-16/h2-8,11,14,17H,9-10,12-13H2,1H3,(H,24,25,29). The summed E-state index contributed by atoms with van der Waals surface area (Å²) in [6.07, 6.45) is 3.85. The number of rotatable bonds is 4. The van der Waals surface area contributed by atoms with Crippen LogP contribution in [0.5, 0.6) is 0 Å². The summed E-state index contributed by atoms with van der Waals surface area (Å²) < 4.78 is 28.7. The van der Waals surface area contributed by atoms with E-state index in [9.17, 15) is 18.0 Å². The van der Waals surface area contributed by atoms with Gasteiger partial charge in [0.25, 0.3) is 11.5 Å². The zero-order valence-corrected chi connectivity index (χ0v) is 18.7. The quantitative estimate of drug-likeness (QED) is 0.487. The summed E-state index contributed by atoms with van der Waals surface area (Å²) in [4.78, 5) is 30.1. The van der Waals surface area contributed by atoms with Crippen LogP contribution in [0.2, 0.25) is 0 Å². The number of nitrogens with one attached hydrogen (secondary N) is 1. The third-order valence-electron chi connectivity index (χ3n) is 6.07. The van der Waals surface area contributed by atoms with Gasteiger partial charge in [0.2, 0.25) is 5.95 Å². The number of benzene rings is 1. The highest BCUT2D eigenvalue weighted by molar-refractivity contribution is 7.92. The minimum atomic E-state index is -3.43. The van der Waals surface area contributed by atoms with Crippen molar-refractivity contribution in [1.82, 2.24) is 29.3 Å². The van der Waals surface area contributed by atoms with Crippen LogP contribution >= 0.6 is 0 Å². The maximum absolute atomic E-state index is 13.2. The Morgan fingerprint density at radius 2 is 1.82 bits per heavy atom. The van der Waals surface area contributed by atoms with E-state index in [-0.39, 0.29) is 17.4 Å². The average Bonchev–Trinajstić information content (AvgIpc) is 3.46. The van der Waals surface area contributed by atoms with Crippen molar-refractivity contribution >= 4 is 21.3 Å². The van der Waals surface area contributed by atoms with Crippen LogP contribution < -0.4 is 5.56 Å². The molecule has 4 heterocycles. The number of likely N-dealkylation sites (tertiary alicyclic amines) is 1. The molecule has 0 radical (unpaired) electrons. The van der Waals surface area contributed by atoms with E-state index in [4.69, 9.17) is 0 Å². The smallest absolute Gasteiger partial charge is 0.276 e. The Labute approximate surface area is 189 Å². The van der Waals surface area contributed by atoms with Crippen LogP contribution in [0.15, 0.2) is 64.5 Å². The molecule has 1 aliphatic rings. The molecule has 0 saturated carbocycles. The predicted octanol–water partition coefficient (Wildman–Crippen LogP) is 1.60. The summed E-state index contributed by atoms with van der Waals surface area (Å²) >= 11 is 0. The first-order chi connectivity index (χ1) is 15.9. The second kappa shape index (κ2) is 8.00. The second-order valence-electron chi connectivity index (χ2n) is 8.02. The van der Waals surface area contributed by atoms with Crippen LogP contribution in [-0.4, -0.2) is 61.9 Å². The van der Waals surface area contributed by atoms with Crippen molar-refractivity contribution in [2.24, 2.45) is 0 Å². The molecule has 4 aromatic rings. The summed E-state index contributed by atoms with van der Waals surface area (Å²) in [5.41, 5.74) is 1.02. The second-order valence-corrected chi connectivity index (χ2v) is 10.2. The van der Waals surface area contributed by atoms with Crippen LogP contribution in [0, 0.1) is 6.92 Å². The highest BCUT2D eigenvalue weighted by Gasteiger charge is 2.33. The van der Waals surface area contributed by atoms with Crippen LogP contribution in [-0.2, 0) is 9.84 Å². The number of fused-ring (bicyclic) bond motifs is 1. The van der Waals surface area contributed by atoms with Gasteiger partial charge in [-0.05, 0) is 44.0 Å². The molecule has 10 nitrogen and oxygen atoms in total. The zero-order valence-electron chi connectivity index (χ0n) is 17.9. The van der Waals surface area contributed by atoms with E-state index in [1.54, 1.807) is 60.5 Å². The molecule has 33 heavy (non-hydrogen) atoms. The summed E-state index contributed by atoms with van der Waals surface area (Å²) in [6, 6.07) is 11.8. The number of hydrogen-bond acceptors (Lipinski definition) is 6. The number of aromatic nitrogens is 5. The molecular formula is C22H22N6O4S. The predicted molar refractivity (Wildman–Crippen MR) is 120 cm³/mol. The Hall–Kier alpha value is -3.73. The fourth-order valence-electron chi connectivity index (χ4n) is 4.20. The Kier molecular flexibility index (Phi) is 5.12. The van der Waals surface area contributed by atoms with Crippen molar-refractivity contribution in [3.63, 3.8) is 0 Å². The van der Waals surface area contributed by atoms with Gasteiger partial charge in [-0.3, -0.25) is 14.6 Å². The van der Waals surface area contributed by atoms with Gasteiger partial charge in [-0.15, -0.1) is 5.10 Å². The molecule has 11 heteroatoms. The SMILES string of the molecule is Cc1c(C(=O)N2CCC(S(=O)(=O)c3ccccc3)CC2)cnn1-c1nn2cccc2c(=O)[nH]1. The van der Waals surface area contributed by atoms with E-state index in [0.717, 1.165) is 0 Å². The number of carbonyl (C=O) groups is 1. The molecule has 1 amide bonds. The molecule has 1 saturated heterocycles. The first kappa shape index (κ1) is 21.1. The number of amides is 1. The molecule has 0 unspecified atom stereocenters. The Bertz CT molecular complexity index is 1490. The third-order valence-corrected chi connectivity index (χ3v) is 8.35. The topological polar surface area (TPSA) is 122 Å². The molecule has 1 aromatic carbocycles. The van der Waals surface area contributed by atoms with Crippen molar-refractivity contribution in [3.05, 3.63) is 76.5 Å². The number of piperidine rings is 1. The number of aromatic amines is 1. The summed E-state index contributed by atoms with van der Waals surface area (Å²) in [5.74, 6) is -0.0217. The highest BCUT2D eigenvalue weighted by atomic mass is 32.2. The van der Waals surface area contributed by atoms with E-state index < -0.39 is 15.1 Å². The average molecular weight is 467 g/mol. The van der Waals surface area contributed by atoms with Crippen LogP contribution in [0.1, 0.15) is 28.9 Å². The van der Waals surface area contributed by atoms with Gasteiger partial charge in [0.05, 0.1) is 27.6 Å². The van der Waals surface area contributed by atoms with Crippen molar-refractivity contribution in [2.45, 2.75) is 29.9 Å². The van der Waals surface area contributed by atoms with E-state index in [0.29, 0.717) is 47.6 Å². The fourth-order valence-corrected chi connectivity index (χ4v) is 5.96. The highest BCUT2D eigenvalue weighted by Crippen LogP contribution is 2.25. The monoisotopic (exact) mass is 466 g/mol. The van der Waals surface area contributed by atoms with Crippen LogP contribution in [0.25, 0.3) is 11.5 Å². The molecule has 1 fully saturated rings. The first-order valence-electron chi connectivity index (χ1n) is 10.6. The van der Waals surface area contributed by atoms with Crippen molar-refractivity contribution in [1.29, 1.82) is 0 Å². The Morgan fingerprint density at radius 1 is 1.09 bits per heavy atom. The van der Waals surface area contributed by atoms with Crippen LogP contribution in [0.3, 0.4) is 0 Å². The lowest BCUT2D eigenvalue weighted by molar-refractivity contribution is 0.0725.